The second kappa shape index (κ2) is 8.51. The van der Waals surface area contributed by atoms with E-state index < -0.39 is 0 Å². The van der Waals surface area contributed by atoms with Gasteiger partial charge >= 0.3 is 0 Å². The number of aliphatic imine (C=N–C) groups is 1. The number of methoxy groups -OCH3 is 1. The Morgan fingerprint density at radius 3 is 2.62 bits per heavy atom. The molecule has 6 nitrogen and oxygen atoms in total. The molecule has 2 rings (SSSR count). The van der Waals surface area contributed by atoms with E-state index in [4.69, 9.17) is 9.26 Å². The van der Waals surface area contributed by atoms with Gasteiger partial charge in [-0.15, -0.1) is 0 Å². The van der Waals surface area contributed by atoms with E-state index in [1.165, 1.54) is 24.8 Å². The third-order valence-electron chi connectivity index (χ3n) is 5.26. The number of hydrogen-bond donors (Lipinski definition) is 2. The van der Waals surface area contributed by atoms with Crippen molar-refractivity contribution in [1.82, 2.24) is 15.8 Å². The molecule has 1 saturated carbocycles. The molecule has 0 aliphatic heterocycles. The Bertz CT molecular complexity index is 530. The standard InChI is InChI=1S/C18H32N4O2/c1-13(16-14(2)22-24-15(16)3)11-20-17(19-4)21-12-18(7-6-8-18)9-10-23-5/h13H,6-12H2,1-5H3,(H2,19,20,21). The Hall–Kier alpha value is -1.56. The fourth-order valence-electron chi connectivity index (χ4n) is 3.55. The van der Waals surface area contributed by atoms with Crippen LogP contribution in [0.1, 0.15) is 55.5 Å². The fourth-order valence-corrected chi connectivity index (χ4v) is 3.55. The molecule has 1 unspecified atom stereocenters. The largest absolute Gasteiger partial charge is 0.385 e. The number of nitrogens with zero attached hydrogens (tertiary/aromatic N) is 2. The highest BCUT2D eigenvalue weighted by Gasteiger charge is 2.36. The number of ether oxygens (including phenoxy) is 1. The molecule has 1 aromatic rings. The number of hydrogen-bond acceptors (Lipinski definition) is 4. The summed E-state index contributed by atoms with van der Waals surface area (Å²) in [6, 6.07) is 0. The smallest absolute Gasteiger partial charge is 0.191 e. The molecule has 1 aliphatic carbocycles. The first-order valence-corrected chi connectivity index (χ1v) is 8.87. The molecular formula is C18H32N4O2. The van der Waals surface area contributed by atoms with Crippen LogP contribution in [0.5, 0.6) is 0 Å². The summed E-state index contributed by atoms with van der Waals surface area (Å²) in [6.07, 6.45) is 4.98. The maximum atomic E-state index is 5.27. The van der Waals surface area contributed by atoms with Crippen LogP contribution in [0.2, 0.25) is 0 Å². The predicted octanol–water partition coefficient (Wildman–Crippen LogP) is 2.77. The second-order valence-corrected chi connectivity index (χ2v) is 7.04. The molecule has 1 aliphatic rings. The Morgan fingerprint density at radius 2 is 2.12 bits per heavy atom. The molecule has 0 amide bonds. The summed E-state index contributed by atoms with van der Waals surface area (Å²) in [4.78, 5) is 4.35. The Balaban J connectivity index is 1.82. The molecule has 1 atom stereocenters. The summed E-state index contributed by atoms with van der Waals surface area (Å²) < 4.78 is 10.5. The van der Waals surface area contributed by atoms with E-state index in [1.807, 2.05) is 20.9 Å². The highest BCUT2D eigenvalue weighted by Crippen LogP contribution is 2.43. The van der Waals surface area contributed by atoms with Gasteiger partial charge in [-0.1, -0.05) is 18.5 Å². The van der Waals surface area contributed by atoms with Gasteiger partial charge in [-0.05, 0) is 38.5 Å². The third-order valence-corrected chi connectivity index (χ3v) is 5.26. The quantitative estimate of drug-likeness (QED) is 0.564. The van der Waals surface area contributed by atoms with Gasteiger partial charge in [-0.25, -0.2) is 0 Å². The van der Waals surface area contributed by atoms with Crippen LogP contribution in [0, 0.1) is 19.3 Å². The van der Waals surface area contributed by atoms with E-state index in [0.29, 0.717) is 11.3 Å². The lowest BCUT2D eigenvalue weighted by molar-refractivity contribution is 0.0732. The van der Waals surface area contributed by atoms with Gasteiger partial charge in [0.2, 0.25) is 0 Å². The van der Waals surface area contributed by atoms with Crippen LogP contribution in [0.4, 0.5) is 0 Å². The zero-order valence-corrected chi connectivity index (χ0v) is 15.7. The van der Waals surface area contributed by atoms with Crippen molar-refractivity contribution < 1.29 is 9.26 Å². The number of rotatable bonds is 8. The van der Waals surface area contributed by atoms with Gasteiger partial charge in [0.15, 0.2) is 5.96 Å². The molecule has 0 spiro atoms. The SMILES string of the molecule is CN=C(NCC(C)c1c(C)noc1C)NCC1(CCOC)CCC1. The maximum Gasteiger partial charge on any atom is 0.191 e. The highest BCUT2D eigenvalue weighted by atomic mass is 16.5. The van der Waals surface area contributed by atoms with E-state index in [2.05, 4.69) is 27.7 Å². The normalized spacial score (nSPS) is 18.1. The van der Waals surface area contributed by atoms with Crippen LogP contribution in [0.15, 0.2) is 9.52 Å². The Kier molecular flexibility index (Phi) is 6.66. The third kappa shape index (κ3) is 4.50. The van der Waals surface area contributed by atoms with Gasteiger partial charge in [0.25, 0.3) is 0 Å². The van der Waals surface area contributed by atoms with Crippen LogP contribution < -0.4 is 10.6 Å². The zero-order valence-electron chi connectivity index (χ0n) is 15.7. The molecule has 24 heavy (non-hydrogen) atoms. The lowest BCUT2D eigenvalue weighted by atomic mass is 9.67. The summed E-state index contributed by atoms with van der Waals surface area (Å²) >= 11 is 0. The van der Waals surface area contributed by atoms with Crippen molar-refractivity contribution in [3.05, 3.63) is 17.0 Å². The number of aromatic nitrogens is 1. The lowest BCUT2D eigenvalue weighted by Crippen LogP contribution is -2.47. The predicted molar refractivity (Wildman–Crippen MR) is 96.5 cm³/mol. The van der Waals surface area contributed by atoms with Gasteiger partial charge in [0, 0.05) is 45.3 Å². The minimum Gasteiger partial charge on any atom is -0.385 e. The molecule has 0 bridgehead atoms. The first-order valence-electron chi connectivity index (χ1n) is 8.87. The van der Waals surface area contributed by atoms with Gasteiger partial charge in [-0.2, -0.15) is 0 Å². The van der Waals surface area contributed by atoms with Gasteiger partial charge in [0.05, 0.1) is 5.69 Å². The Labute approximate surface area is 145 Å². The molecule has 2 N–H and O–H groups in total. The number of aryl methyl sites for hydroxylation is 2. The van der Waals surface area contributed by atoms with Crippen LogP contribution >= 0.6 is 0 Å². The van der Waals surface area contributed by atoms with E-state index in [1.54, 1.807) is 7.11 Å². The van der Waals surface area contributed by atoms with Crippen LogP contribution in [-0.4, -0.2) is 45.0 Å². The first kappa shape index (κ1) is 18.8. The first-order chi connectivity index (χ1) is 11.5. The molecule has 0 saturated heterocycles. The van der Waals surface area contributed by atoms with Crippen molar-refractivity contribution in [2.45, 2.75) is 52.4 Å². The van der Waals surface area contributed by atoms with Gasteiger partial charge < -0.3 is 19.9 Å². The summed E-state index contributed by atoms with van der Waals surface area (Å²) in [6.45, 7) is 8.72. The average molecular weight is 336 g/mol. The van der Waals surface area contributed by atoms with Crippen molar-refractivity contribution in [2.75, 3.05) is 33.9 Å². The summed E-state index contributed by atoms with van der Waals surface area (Å²) in [5.41, 5.74) is 2.53. The molecule has 1 fully saturated rings. The van der Waals surface area contributed by atoms with E-state index >= 15 is 0 Å². The molecule has 0 aromatic carbocycles. The van der Waals surface area contributed by atoms with Crippen molar-refractivity contribution in [3.8, 4) is 0 Å². The monoisotopic (exact) mass is 336 g/mol. The van der Waals surface area contributed by atoms with Crippen molar-refractivity contribution in [2.24, 2.45) is 10.4 Å². The minimum atomic E-state index is 0.320. The maximum absolute atomic E-state index is 5.27. The summed E-state index contributed by atoms with van der Waals surface area (Å²) in [5, 5.41) is 11.0. The molecular weight excluding hydrogens is 304 g/mol. The summed E-state index contributed by atoms with van der Waals surface area (Å²) in [5.74, 6) is 2.08. The van der Waals surface area contributed by atoms with Crippen molar-refractivity contribution in [3.63, 3.8) is 0 Å². The van der Waals surface area contributed by atoms with Crippen LogP contribution in [0.25, 0.3) is 0 Å². The molecule has 0 radical (unpaired) electrons. The summed E-state index contributed by atoms with van der Waals surface area (Å²) in [7, 11) is 3.59. The average Bonchev–Trinajstić information content (AvgIpc) is 2.87. The van der Waals surface area contributed by atoms with Crippen LogP contribution in [-0.2, 0) is 4.74 Å². The molecule has 136 valence electrons. The second-order valence-electron chi connectivity index (χ2n) is 7.04. The molecule has 1 heterocycles. The number of guanidine groups is 1. The zero-order chi connectivity index (χ0) is 17.6. The minimum absolute atomic E-state index is 0.320. The Morgan fingerprint density at radius 1 is 1.38 bits per heavy atom. The van der Waals surface area contributed by atoms with E-state index in [9.17, 15) is 0 Å². The topological polar surface area (TPSA) is 71.7 Å². The number of nitrogens with one attached hydrogen (secondary N) is 2. The van der Waals surface area contributed by atoms with Crippen LogP contribution in [0.3, 0.4) is 0 Å². The van der Waals surface area contributed by atoms with Gasteiger partial charge in [0.1, 0.15) is 5.76 Å². The van der Waals surface area contributed by atoms with Gasteiger partial charge in [-0.3, -0.25) is 4.99 Å². The highest BCUT2D eigenvalue weighted by molar-refractivity contribution is 5.79. The van der Waals surface area contributed by atoms with E-state index in [0.717, 1.165) is 43.5 Å². The van der Waals surface area contributed by atoms with E-state index in [-0.39, 0.29) is 0 Å². The molecule has 1 aromatic heterocycles. The van der Waals surface area contributed by atoms with Crippen molar-refractivity contribution in [1.29, 1.82) is 0 Å². The fraction of sp³-hybridized carbons (Fsp3) is 0.778. The van der Waals surface area contributed by atoms with Crippen molar-refractivity contribution >= 4 is 5.96 Å². The lowest BCUT2D eigenvalue weighted by Gasteiger charge is -2.42. The molecule has 6 heteroatoms.